The van der Waals surface area contributed by atoms with Crippen molar-refractivity contribution in [2.75, 3.05) is 39.0 Å². The van der Waals surface area contributed by atoms with E-state index in [1.54, 1.807) is 11.4 Å². The topological polar surface area (TPSA) is 83.0 Å². The fourth-order valence-electron chi connectivity index (χ4n) is 2.96. The molecule has 2 rings (SSSR count). The van der Waals surface area contributed by atoms with Crippen molar-refractivity contribution in [3.63, 3.8) is 0 Å². The number of benzene rings is 1. The van der Waals surface area contributed by atoms with E-state index in [2.05, 4.69) is 15.6 Å². The zero-order valence-corrected chi connectivity index (χ0v) is 19.8. The smallest absolute Gasteiger partial charge is 0.214 e. The highest BCUT2D eigenvalue weighted by Gasteiger charge is 2.27. The highest BCUT2D eigenvalue weighted by Crippen LogP contribution is 2.16. The molecular formula is C18H29F2IN4O3S. The van der Waals surface area contributed by atoms with Crippen LogP contribution < -0.4 is 15.4 Å². The Morgan fingerprint density at radius 1 is 1.28 bits per heavy atom. The maximum absolute atomic E-state index is 13.1. The summed E-state index contributed by atoms with van der Waals surface area (Å²) in [5, 5.41) is 6.37. The van der Waals surface area contributed by atoms with Crippen molar-refractivity contribution in [3.05, 3.63) is 29.8 Å². The second-order valence-corrected chi connectivity index (χ2v) is 8.65. The first kappa shape index (κ1) is 25.8. The highest BCUT2D eigenvalue weighted by atomic mass is 127. The summed E-state index contributed by atoms with van der Waals surface area (Å²) in [6.07, 6.45) is 2.02. The molecule has 0 aromatic heterocycles. The predicted octanol–water partition coefficient (Wildman–Crippen LogP) is 2.33. The van der Waals surface area contributed by atoms with Crippen LogP contribution in [0.2, 0.25) is 0 Å². The lowest BCUT2D eigenvalue weighted by Gasteiger charge is -2.32. The number of hydrogen-bond acceptors (Lipinski definition) is 4. The molecule has 1 saturated heterocycles. The fraction of sp³-hybridized carbons (Fsp3) is 0.611. The lowest BCUT2D eigenvalue weighted by Crippen LogP contribution is -2.50. The normalized spacial score (nSPS) is 16.2. The average molecular weight is 546 g/mol. The number of nitrogens with one attached hydrogen (secondary N) is 2. The molecular weight excluding hydrogens is 517 g/mol. The molecule has 1 fully saturated rings. The molecule has 0 saturated carbocycles. The first-order valence-corrected chi connectivity index (χ1v) is 11.0. The zero-order chi connectivity index (χ0) is 20.6. The Kier molecular flexibility index (Phi) is 11.1. The Morgan fingerprint density at radius 2 is 1.97 bits per heavy atom. The van der Waals surface area contributed by atoms with E-state index in [4.69, 9.17) is 4.74 Å². The SMILES string of the molecule is CCCS(=O)(=O)N1CCC(NC(=NC)NCCOc2ccc(F)c(F)c2)CC1.I. The number of hydrogen-bond donors (Lipinski definition) is 2. The van der Waals surface area contributed by atoms with Crippen molar-refractivity contribution < 1.29 is 21.9 Å². The molecule has 0 spiro atoms. The van der Waals surface area contributed by atoms with Crippen LogP contribution in [0, 0.1) is 11.6 Å². The van der Waals surface area contributed by atoms with E-state index in [0.29, 0.717) is 44.9 Å². The van der Waals surface area contributed by atoms with Crippen LogP contribution in [0.3, 0.4) is 0 Å². The fourth-order valence-corrected chi connectivity index (χ4v) is 4.50. The van der Waals surface area contributed by atoms with Gasteiger partial charge < -0.3 is 15.4 Å². The number of guanidine groups is 1. The predicted molar refractivity (Wildman–Crippen MR) is 120 cm³/mol. The summed E-state index contributed by atoms with van der Waals surface area (Å²) < 4.78 is 57.2. The van der Waals surface area contributed by atoms with Gasteiger partial charge in [-0.05, 0) is 31.4 Å². The molecule has 11 heteroatoms. The molecule has 2 N–H and O–H groups in total. The third kappa shape index (κ3) is 8.21. The van der Waals surface area contributed by atoms with Gasteiger partial charge in [0.05, 0.1) is 12.3 Å². The number of piperidine rings is 1. The van der Waals surface area contributed by atoms with Crippen molar-refractivity contribution in [1.29, 1.82) is 0 Å². The van der Waals surface area contributed by atoms with E-state index in [9.17, 15) is 17.2 Å². The first-order chi connectivity index (χ1) is 13.4. The summed E-state index contributed by atoms with van der Waals surface area (Å²) in [5.74, 6) is -0.835. The number of nitrogens with zero attached hydrogens (tertiary/aromatic N) is 2. The number of rotatable bonds is 8. The molecule has 0 bridgehead atoms. The number of sulfonamides is 1. The molecule has 1 aliphatic rings. The van der Waals surface area contributed by atoms with Crippen LogP contribution in [0.15, 0.2) is 23.2 Å². The minimum Gasteiger partial charge on any atom is -0.492 e. The Hall–Kier alpha value is -1.21. The molecule has 7 nitrogen and oxygen atoms in total. The monoisotopic (exact) mass is 546 g/mol. The molecule has 0 radical (unpaired) electrons. The van der Waals surface area contributed by atoms with Crippen LogP contribution >= 0.6 is 24.0 Å². The van der Waals surface area contributed by atoms with Crippen molar-refractivity contribution in [2.24, 2.45) is 4.99 Å². The van der Waals surface area contributed by atoms with Crippen molar-refractivity contribution in [3.8, 4) is 5.75 Å². The molecule has 1 aromatic rings. The van der Waals surface area contributed by atoms with Gasteiger partial charge in [0.1, 0.15) is 12.4 Å². The van der Waals surface area contributed by atoms with Gasteiger partial charge in [-0.15, -0.1) is 24.0 Å². The maximum Gasteiger partial charge on any atom is 0.214 e. The van der Waals surface area contributed by atoms with Crippen molar-refractivity contribution in [1.82, 2.24) is 14.9 Å². The lowest BCUT2D eigenvalue weighted by molar-refractivity contribution is 0.303. The van der Waals surface area contributed by atoms with Crippen LogP contribution in [-0.4, -0.2) is 63.8 Å². The van der Waals surface area contributed by atoms with Gasteiger partial charge in [0.25, 0.3) is 0 Å². The van der Waals surface area contributed by atoms with Crippen molar-refractivity contribution in [2.45, 2.75) is 32.2 Å². The summed E-state index contributed by atoms with van der Waals surface area (Å²) >= 11 is 0. The second-order valence-electron chi connectivity index (χ2n) is 6.56. The van der Waals surface area contributed by atoms with Crippen LogP contribution in [0.25, 0.3) is 0 Å². The van der Waals surface area contributed by atoms with E-state index in [-0.39, 0.29) is 48.1 Å². The Labute approximate surface area is 188 Å². The third-order valence-corrected chi connectivity index (χ3v) is 6.50. The van der Waals surface area contributed by atoms with Crippen LogP contribution in [0.1, 0.15) is 26.2 Å². The third-order valence-electron chi connectivity index (χ3n) is 4.43. The summed E-state index contributed by atoms with van der Waals surface area (Å²) in [6.45, 7) is 3.52. The number of halogens is 3. The quantitative estimate of drug-likeness (QED) is 0.227. The van der Waals surface area contributed by atoms with E-state index in [1.165, 1.54) is 6.07 Å². The second kappa shape index (κ2) is 12.5. The van der Waals surface area contributed by atoms with Gasteiger partial charge >= 0.3 is 0 Å². The molecule has 1 aliphatic heterocycles. The van der Waals surface area contributed by atoms with E-state index >= 15 is 0 Å². The average Bonchev–Trinajstić information content (AvgIpc) is 2.67. The largest absolute Gasteiger partial charge is 0.492 e. The number of aliphatic imine (C=N–C) groups is 1. The Balaban J connectivity index is 0.00000420. The van der Waals surface area contributed by atoms with Gasteiger partial charge in [-0.2, -0.15) is 0 Å². The molecule has 29 heavy (non-hydrogen) atoms. The highest BCUT2D eigenvalue weighted by molar-refractivity contribution is 14.0. The molecule has 0 unspecified atom stereocenters. The standard InChI is InChI=1S/C18H28F2N4O3S.HI/c1-3-12-28(25,26)24-9-6-14(7-10-24)23-18(21-2)22-8-11-27-15-4-5-16(19)17(20)13-15;/h4-5,13-14H,3,6-12H2,1-2H3,(H2,21,22,23);1H. The maximum atomic E-state index is 13.1. The van der Waals surface area contributed by atoms with E-state index < -0.39 is 21.7 Å². The van der Waals surface area contributed by atoms with Crippen LogP contribution in [-0.2, 0) is 10.0 Å². The molecule has 0 atom stereocenters. The van der Waals surface area contributed by atoms with E-state index in [1.807, 2.05) is 6.92 Å². The summed E-state index contributed by atoms with van der Waals surface area (Å²) in [7, 11) is -1.50. The van der Waals surface area contributed by atoms with Gasteiger partial charge in [-0.25, -0.2) is 21.5 Å². The van der Waals surface area contributed by atoms with Gasteiger partial charge in [-0.1, -0.05) is 6.92 Å². The molecule has 0 amide bonds. The van der Waals surface area contributed by atoms with Gasteiger partial charge in [0, 0.05) is 32.2 Å². The van der Waals surface area contributed by atoms with Crippen molar-refractivity contribution >= 4 is 40.0 Å². The Morgan fingerprint density at radius 3 is 2.55 bits per heavy atom. The zero-order valence-electron chi connectivity index (χ0n) is 16.7. The summed E-state index contributed by atoms with van der Waals surface area (Å²) in [5.41, 5.74) is 0. The lowest BCUT2D eigenvalue weighted by atomic mass is 10.1. The minimum absolute atomic E-state index is 0. The van der Waals surface area contributed by atoms with Gasteiger partial charge in [0.15, 0.2) is 17.6 Å². The minimum atomic E-state index is -3.15. The van der Waals surface area contributed by atoms with Crippen LogP contribution in [0.5, 0.6) is 5.75 Å². The Bertz CT molecular complexity index is 772. The molecule has 0 aliphatic carbocycles. The summed E-state index contributed by atoms with van der Waals surface area (Å²) in [4.78, 5) is 4.15. The van der Waals surface area contributed by atoms with E-state index in [0.717, 1.165) is 12.1 Å². The number of ether oxygens (including phenoxy) is 1. The van der Waals surface area contributed by atoms with Gasteiger partial charge in [-0.3, -0.25) is 4.99 Å². The van der Waals surface area contributed by atoms with Crippen LogP contribution in [0.4, 0.5) is 8.78 Å². The summed E-state index contributed by atoms with van der Waals surface area (Å²) in [6, 6.07) is 3.52. The molecule has 166 valence electrons. The molecule has 1 aromatic carbocycles. The first-order valence-electron chi connectivity index (χ1n) is 9.38. The van der Waals surface area contributed by atoms with Gasteiger partial charge in [0.2, 0.25) is 10.0 Å². The molecule has 1 heterocycles.